The average Bonchev–Trinajstić information content (AvgIpc) is 2.93. The van der Waals surface area contributed by atoms with Gasteiger partial charge in [-0.15, -0.1) is 0 Å². The molecular weight excluding hydrogens is 563 g/mol. The second-order valence-electron chi connectivity index (χ2n) is 11.5. The van der Waals surface area contributed by atoms with E-state index in [1.54, 1.807) is 18.7 Å². The van der Waals surface area contributed by atoms with Crippen LogP contribution in [0.3, 0.4) is 0 Å². The smallest absolute Gasteiger partial charge is 0.407 e. The summed E-state index contributed by atoms with van der Waals surface area (Å²) in [5.41, 5.74) is -0.0401. The number of halogens is 3. The first kappa shape index (κ1) is 29.9. The molecule has 0 unspecified atom stereocenters. The Kier molecular flexibility index (Phi) is 7.84. The van der Waals surface area contributed by atoms with Crippen molar-refractivity contribution in [3.63, 3.8) is 0 Å². The normalized spacial score (nSPS) is 17.4. The van der Waals surface area contributed by atoms with Gasteiger partial charge in [0.15, 0.2) is 5.65 Å². The highest BCUT2D eigenvalue weighted by Gasteiger charge is 2.35. The lowest BCUT2D eigenvalue weighted by molar-refractivity contribution is 0.114. The number of anilines is 1. The standard InChI is InChI=1S/C30H32F3N7O3/c1-14(2)23-26(24(15(3)4)35-13-34-23)40-28-20(10-22(33)25(36-28)19-8-7-18(31)9-21(19)32)27(37-29(40)41)38-11-17(6)39(30(42)43)12-16(38)5/h7-10,13-17H,11-12H2,1-6H3,(H,42,43)/t16-,17+/m0/s1. The van der Waals surface area contributed by atoms with Crippen molar-refractivity contribution in [1.82, 2.24) is 29.4 Å². The SMILES string of the molecule is CC(C)c1ncnc(C(C)C)c1-n1c(=O)nc(N2C[C@@H](C)N(C(=O)O)C[C@@H]2C)c2cc(F)c(-c3ccc(F)cc3F)nc21. The third-order valence-electron chi connectivity index (χ3n) is 7.69. The number of carbonyl (C=O) groups is 1. The maximum absolute atomic E-state index is 15.9. The molecule has 1 saturated heterocycles. The quantitative estimate of drug-likeness (QED) is 0.323. The van der Waals surface area contributed by atoms with Crippen molar-refractivity contribution in [3.8, 4) is 16.9 Å². The molecule has 226 valence electrons. The van der Waals surface area contributed by atoms with Gasteiger partial charge < -0.3 is 14.9 Å². The molecule has 1 aromatic carbocycles. The molecule has 1 amide bonds. The fourth-order valence-electron chi connectivity index (χ4n) is 5.57. The van der Waals surface area contributed by atoms with Gasteiger partial charge in [-0.05, 0) is 43.9 Å². The average molecular weight is 596 g/mol. The molecule has 2 atom stereocenters. The van der Waals surface area contributed by atoms with Gasteiger partial charge in [0.2, 0.25) is 0 Å². The van der Waals surface area contributed by atoms with E-state index in [0.29, 0.717) is 23.1 Å². The van der Waals surface area contributed by atoms with Crippen LogP contribution in [0.25, 0.3) is 28.0 Å². The summed E-state index contributed by atoms with van der Waals surface area (Å²) in [5, 5.41) is 9.78. The van der Waals surface area contributed by atoms with E-state index in [0.717, 1.165) is 18.2 Å². The molecule has 10 nitrogen and oxygen atoms in total. The number of pyridine rings is 1. The van der Waals surface area contributed by atoms with Crippen LogP contribution in [0.5, 0.6) is 0 Å². The molecule has 0 radical (unpaired) electrons. The van der Waals surface area contributed by atoms with Crippen molar-refractivity contribution in [3.05, 3.63) is 69.9 Å². The summed E-state index contributed by atoms with van der Waals surface area (Å²) in [5.74, 6) is -2.96. The van der Waals surface area contributed by atoms with E-state index in [2.05, 4.69) is 19.9 Å². The molecule has 3 aromatic heterocycles. The molecule has 4 aromatic rings. The van der Waals surface area contributed by atoms with Gasteiger partial charge in [0.05, 0.1) is 22.5 Å². The Morgan fingerprint density at radius 2 is 1.58 bits per heavy atom. The predicted octanol–water partition coefficient (Wildman–Crippen LogP) is 5.48. The van der Waals surface area contributed by atoms with Gasteiger partial charge >= 0.3 is 11.8 Å². The minimum atomic E-state index is -1.07. The molecule has 13 heteroatoms. The highest BCUT2D eigenvalue weighted by molar-refractivity contribution is 5.90. The van der Waals surface area contributed by atoms with Crippen LogP contribution >= 0.6 is 0 Å². The molecule has 43 heavy (non-hydrogen) atoms. The van der Waals surface area contributed by atoms with Crippen molar-refractivity contribution in [2.75, 3.05) is 18.0 Å². The summed E-state index contributed by atoms with van der Waals surface area (Å²) >= 11 is 0. The number of hydrogen-bond acceptors (Lipinski definition) is 7. The van der Waals surface area contributed by atoms with E-state index in [1.807, 2.05) is 27.7 Å². The van der Waals surface area contributed by atoms with Crippen molar-refractivity contribution >= 4 is 22.9 Å². The van der Waals surface area contributed by atoms with Gasteiger partial charge in [0, 0.05) is 36.8 Å². The van der Waals surface area contributed by atoms with Crippen LogP contribution in [0, 0.1) is 17.5 Å². The van der Waals surface area contributed by atoms with E-state index < -0.39 is 47.0 Å². The van der Waals surface area contributed by atoms with Gasteiger partial charge in [-0.2, -0.15) is 4.98 Å². The molecule has 0 bridgehead atoms. The lowest BCUT2D eigenvalue weighted by atomic mass is 10.0. The second kappa shape index (κ2) is 11.3. The number of fused-ring (bicyclic) bond motifs is 1. The first-order valence-electron chi connectivity index (χ1n) is 14.0. The van der Waals surface area contributed by atoms with Crippen LogP contribution < -0.4 is 10.6 Å². The number of hydrogen-bond donors (Lipinski definition) is 1. The molecule has 1 aliphatic heterocycles. The summed E-state index contributed by atoms with van der Waals surface area (Å²) in [7, 11) is 0. The molecule has 4 heterocycles. The lowest BCUT2D eigenvalue weighted by Crippen LogP contribution is -2.58. The van der Waals surface area contributed by atoms with Crippen molar-refractivity contribution in [2.45, 2.75) is 65.5 Å². The Morgan fingerprint density at radius 3 is 2.16 bits per heavy atom. The maximum Gasteiger partial charge on any atom is 0.407 e. The van der Waals surface area contributed by atoms with E-state index in [1.165, 1.54) is 15.8 Å². The highest BCUT2D eigenvalue weighted by Crippen LogP contribution is 2.35. The Morgan fingerprint density at radius 1 is 0.930 bits per heavy atom. The molecule has 0 spiro atoms. The number of carboxylic acid groups (broad SMARTS) is 1. The van der Waals surface area contributed by atoms with Crippen LogP contribution in [0.2, 0.25) is 0 Å². The monoisotopic (exact) mass is 595 g/mol. The number of benzene rings is 1. The van der Waals surface area contributed by atoms with E-state index in [-0.39, 0.29) is 47.3 Å². The molecular formula is C30H32F3N7O3. The zero-order chi connectivity index (χ0) is 31.3. The molecule has 1 fully saturated rings. The Hall–Kier alpha value is -4.55. The van der Waals surface area contributed by atoms with Crippen molar-refractivity contribution in [1.29, 1.82) is 0 Å². The topological polar surface area (TPSA) is 117 Å². The summed E-state index contributed by atoms with van der Waals surface area (Å²) in [6.45, 7) is 11.4. The van der Waals surface area contributed by atoms with E-state index >= 15 is 4.39 Å². The maximum atomic E-state index is 15.9. The molecule has 0 aliphatic carbocycles. The van der Waals surface area contributed by atoms with Gasteiger partial charge in [0.1, 0.15) is 35.3 Å². The third kappa shape index (κ3) is 5.28. The minimum Gasteiger partial charge on any atom is -0.465 e. The fraction of sp³-hybridized carbons (Fsp3) is 0.400. The Balaban J connectivity index is 1.88. The largest absolute Gasteiger partial charge is 0.465 e. The Bertz CT molecular complexity index is 1770. The minimum absolute atomic E-state index is 0.0192. The van der Waals surface area contributed by atoms with Crippen LogP contribution in [0.15, 0.2) is 35.4 Å². The first-order chi connectivity index (χ1) is 20.3. The molecule has 1 N–H and O–H groups in total. The van der Waals surface area contributed by atoms with E-state index in [9.17, 15) is 23.5 Å². The highest BCUT2D eigenvalue weighted by atomic mass is 19.1. The van der Waals surface area contributed by atoms with Crippen LogP contribution in [0.1, 0.15) is 64.8 Å². The summed E-state index contributed by atoms with van der Waals surface area (Å²) in [6, 6.07) is 2.97. The fourth-order valence-corrected chi connectivity index (χ4v) is 5.57. The molecule has 0 saturated carbocycles. The van der Waals surface area contributed by atoms with E-state index in [4.69, 9.17) is 0 Å². The summed E-state index contributed by atoms with van der Waals surface area (Å²) < 4.78 is 45.7. The molecule has 1 aliphatic rings. The summed E-state index contributed by atoms with van der Waals surface area (Å²) in [4.78, 5) is 46.7. The van der Waals surface area contributed by atoms with Gasteiger partial charge in [0.25, 0.3) is 0 Å². The predicted molar refractivity (Wildman–Crippen MR) is 155 cm³/mol. The van der Waals surface area contributed by atoms with Crippen LogP contribution in [0.4, 0.5) is 23.8 Å². The van der Waals surface area contributed by atoms with Crippen molar-refractivity contribution < 1.29 is 23.1 Å². The number of amides is 1. The second-order valence-corrected chi connectivity index (χ2v) is 11.5. The zero-order valence-corrected chi connectivity index (χ0v) is 24.6. The summed E-state index contributed by atoms with van der Waals surface area (Å²) in [6.07, 6.45) is 0.345. The number of piperazine rings is 1. The van der Waals surface area contributed by atoms with Crippen LogP contribution in [-0.4, -0.2) is 65.8 Å². The number of rotatable bonds is 5. The molecule has 5 rings (SSSR count). The van der Waals surface area contributed by atoms with Gasteiger partial charge in [-0.3, -0.25) is 0 Å². The number of nitrogens with zero attached hydrogens (tertiary/aromatic N) is 7. The zero-order valence-electron chi connectivity index (χ0n) is 24.6. The first-order valence-corrected chi connectivity index (χ1v) is 14.0. The van der Waals surface area contributed by atoms with Crippen LogP contribution in [-0.2, 0) is 0 Å². The van der Waals surface area contributed by atoms with Gasteiger partial charge in [-0.25, -0.2) is 42.3 Å². The lowest BCUT2D eigenvalue weighted by Gasteiger charge is -2.43. The number of aromatic nitrogens is 5. The Labute approximate surface area is 245 Å². The third-order valence-corrected chi connectivity index (χ3v) is 7.69. The van der Waals surface area contributed by atoms with Gasteiger partial charge in [-0.1, -0.05) is 27.7 Å². The van der Waals surface area contributed by atoms with Crippen molar-refractivity contribution in [2.24, 2.45) is 0 Å².